The maximum atomic E-state index is 14.1. The minimum Gasteiger partial charge on any atom is -0.493 e. The third-order valence-electron chi connectivity index (χ3n) is 6.67. The van der Waals surface area contributed by atoms with Gasteiger partial charge in [-0.15, -0.1) is 0 Å². The third-order valence-corrected chi connectivity index (χ3v) is 9.43. The molecule has 3 aromatic carbocycles. The first kappa shape index (κ1) is 34.3. The SMILES string of the molecule is CCCCNC(=O)C(C)N(Cc1ccc(Cl)c(Cl)c1)C(=O)CN(c1ccc(Cl)cc1)S(=O)(=O)c1ccc(OC)c(OC)c1. The van der Waals surface area contributed by atoms with Crippen molar-refractivity contribution in [1.82, 2.24) is 10.2 Å². The van der Waals surface area contributed by atoms with E-state index in [9.17, 15) is 18.0 Å². The predicted octanol–water partition coefficient (Wildman–Crippen LogP) is 6.19. The zero-order chi connectivity index (χ0) is 31.7. The van der Waals surface area contributed by atoms with Crippen LogP contribution in [0.2, 0.25) is 15.1 Å². The number of hydrogen-bond acceptors (Lipinski definition) is 6. The van der Waals surface area contributed by atoms with Crippen molar-refractivity contribution in [3.63, 3.8) is 0 Å². The highest BCUT2D eigenvalue weighted by Crippen LogP contribution is 2.33. The first-order valence-corrected chi connectivity index (χ1v) is 16.0. The molecule has 43 heavy (non-hydrogen) atoms. The van der Waals surface area contributed by atoms with Crippen LogP contribution < -0.4 is 19.1 Å². The van der Waals surface area contributed by atoms with E-state index < -0.39 is 28.5 Å². The molecule has 0 aliphatic rings. The number of anilines is 1. The summed E-state index contributed by atoms with van der Waals surface area (Å²) in [6.45, 7) is 3.39. The minimum atomic E-state index is -4.33. The Morgan fingerprint density at radius 3 is 2.19 bits per heavy atom. The number of carbonyl (C=O) groups excluding carboxylic acids is 2. The molecule has 0 saturated carbocycles. The van der Waals surface area contributed by atoms with Crippen molar-refractivity contribution in [3.8, 4) is 11.5 Å². The summed E-state index contributed by atoms with van der Waals surface area (Å²) in [4.78, 5) is 28.3. The van der Waals surface area contributed by atoms with E-state index in [1.165, 1.54) is 61.6 Å². The summed E-state index contributed by atoms with van der Waals surface area (Å²) >= 11 is 18.4. The number of amides is 2. The summed E-state index contributed by atoms with van der Waals surface area (Å²) in [5.41, 5.74) is 0.804. The van der Waals surface area contributed by atoms with E-state index in [1.807, 2.05) is 6.92 Å². The van der Waals surface area contributed by atoms with Crippen LogP contribution in [0.1, 0.15) is 32.3 Å². The van der Waals surface area contributed by atoms with Crippen LogP contribution in [0.3, 0.4) is 0 Å². The van der Waals surface area contributed by atoms with Gasteiger partial charge in [0.2, 0.25) is 11.8 Å². The Labute approximate surface area is 267 Å². The van der Waals surface area contributed by atoms with E-state index in [4.69, 9.17) is 44.3 Å². The Morgan fingerprint density at radius 1 is 0.907 bits per heavy atom. The van der Waals surface area contributed by atoms with Crippen LogP contribution in [0.15, 0.2) is 65.6 Å². The maximum Gasteiger partial charge on any atom is 0.264 e. The van der Waals surface area contributed by atoms with Crippen molar-refractivity contribution in [3.05, 3.63) is 81.3 Å². The molecule has 2 amide bonds. The molecule has 232 valence electrons. The molecule has 0 spiro atoms. The molecule has 0 radical (unpaired) electrons. The lowest BCUT2D eigenvalue weighted by Crippen LogP contribution is -2.51. The smallest absolute Gasteiger partial charge is 0.264 e. The number of hydrogen-bond donors (Lipinski definition) is 1. The number of methoxy groups -OCH3 is 2. The molecule has 9 nitrogen and oxygen atoms in total. The summed E-state index contributed by atoms with van der Waals surface area (Å²) in [7, 11) is -1.51. The van der Waals surface area contributed by atoms with Gasteiger partial charge in [0.05, 0.1) is 34.8 Å². The lowest BCUT2D eigenvalue weighted by molar-refractivity contribution is -0.139. The second-order valence-electron chi connectivity index (χ2n) is 9.60. The number of ether oxygens (including phenoxy) is 2. The summed E-state index contributed by atoms with van der Waals surface area (Å²) < 4.78 is 39.7. The van der Waals surface area contributed by atoms with Gasteiger partial charge in [-0.2, -0.15) is 0 Å². The number of rotatable bonds is 14. The van der Waals surface area contributed by atoms with Crippen molar-refractivity contribution in [2.24, 2.45) is 0 Å². The first-order valence-electron chi connectivity index (χ1n) is 13.4. The number of benzene rings is 3. The Bertz CT molecular complexity index is 1540. The van der Waals surface area contributed by atoms with Crippen molar-refractivity contribution >= 4 is 62.3 Å². The lowest BCUT2D eigenvalue weighted by atomic mass is 10.1. The van der Waals surface area contributed by atoms with Crippen LogP contribution in [0.5, 0.6) is 11.5 Å². The fourth-order valence-electron chi connectivity index (χ4n) is 4.19. The monoisotopic (exact) mass is 669 g/mol. The molecule has 0 bridgehead atoms. The highest BCUT2D eigenvalue weighted by Gasteiger charge is 2.33. The van der Waals surface area contributed by atoms with Gasteiger partial charge in [-0.1, -0.05) is 54.2 Å². The predicted molar refractivity (Wildman–Crippen MR) is 170 cm³/mol. The molecule has 1 N–H and O–H groups in total. The average Bonchev–Trinajstić information content (AvgIpc) is 3.00. The van der Waals surface area contributed by atoms with Crippen molar-refractivity contribution < 1.29 is 27.5 Å². The standard InChI is InChI=1S/C30H34Cl3N3O6S/c1-5-6-15-34-30(38)20(2)35(18-21-7-13-25(32)26(33)16-21)29(37)19-36(23-10-8-22(31)9-11-23)43(39,40)24-12-14-27(41-3)28(17-24)42-4/h7-14,16-17,20H,5-6,15,18-19H2,1-4H3,(H,34,38). The minimum absolute atomic E-state index is 0.0249. The molecule has 0 aliphatic carbocycles. The van der Waals surface area contributed by atoms with Gasteiger partial charge in [0, 0.05) is 24.2 Å². The Morgan fingerprint density at radius 2 is 1.58 bits per heavy atom. The molecule has 0 saturated heterocycles. The number of nitrogens with zero attached hydrogens (tertiary/aromatic N) is 2. The zero-order valence-corrected chi connectivity index (χ0v) is 27.4. The van der Waals surface area contributed by atoms with Gasteiger partial charge in [0.1, 0.15) is 12.6 Å². The fraction of sp³-hybridized carbons (Fsp3) is 0.333. The van der Waals surface area contributed by atoms with E-state index >= 15 is 0 Å². The lowest BCUT2D eigenvalue weighted by Gasteiger charge is -2.32. The van der Waals surface area contributed by atoms with Crippen LogP contribution in [-0.4, -0.2) is 58.5 Å². The van der Waals surface area contributed by atoms with Gasteiger partial charge in [0.15, 0.2) is 11.5 Å². The van der Waals surface area contributed by atoms with Crippen molar-refractivity contribution in [1.29, 1.82) is 0 Å². The second-order valence-corrected chi connectivity index (χ2v) is 12.7. The molecule has 1 atom stereocenters. The highest BCUT2D eigenvalue weighted by atomic mass is 35.5. The molecule has 1 unspecified atom stereocenters. The van der Waals surface area contributed by atoms with Crippen molar-refractivity contribution in [2.45, 2.75) is 44.2 Å². The summed E-state index contributed by atoms with van der Waals surface area (Å²) in [6, 6.07) is 14.1. The van der Waals surface area contributed by atoms with Gasteiger partial charge in [-0.05, 0) is 67.4 Å². The number of unbranched alkanes of at least 4 members (excludes halogenated alkanes) is 1. The van der Waals surface area contributed by atoms with Gasteiger partial charge >= 0.3 is 0 Å². The number of halogens is 3. The molecule has 0 heterocycles. The molecule has 3 rings (SSSR count). The quantitative estimate of drug-likeness (QED) is 0.205. The van der Waals surface area contributed by atoms with Gasteiger partial charge in [-0.3, -0.25) is 13.9 Å². The fourth-order valence-corrected chi connectivity index (χ4v) is 6.07. The Hall–Kier alpha value is -3.18. The largest absolute Gasteiger partial charge is 0.493 e. The van der Waals surface area contributed by atoms with E-state index in [2.05, 4.69) is 5.32 Å². The first-order chi connectivity index (χ1) is 20.4. The second kappa shape index (κ2) is 15.5. The third kappa shape index (κ3) is 8.69. The number of carbonyl (C=O) groups is 2. The molecular weight excluding hydrogens is 637 g/mol. The van der Waals surface area contributed by atoms with Crippen LogP contribution >= 0.6 is 34.8 Å². The normalized spacial score (nSPS) is 11.9. The number of sulfonamides is 1. The summed E-state index contributed by atoms with van der Waals surface area (Å²) in [5, 5.41) is 3.85. The van der Waals surface area contributed by atoms with E-state index in [1.54, 1.807) is 25.1 Å². The molecule has 13 heteroatoms. The Balaban J connectivity index is 2.05. The van der Waals surface area contributed by atoms with Gasteiger partial charge < -0.3 is 19.7 Å². The maximum absolute atomic E-state index is 14.1. The molecular formula is C30H34Cl3N3O6S. The molecule has 3 aromatic rings. The van der Waals surface area contributed by atoms with E-state index in [0.717, 1.165) is 17.1 Å². The van der Waals surface area contributed by atoms with Crippen LogP contribution in [0, 0.1) is 0 Å². The number of nitrogens with one attached hydrogen (secondary N) is 1. The van der Waals surface area contributed by atoms with Crippen LogP contribution in [0.4, 0.5) is 5.69 Å². The van der Waals surface area contributed by atoms with Crippen molar-refractivity contribution in [2.75, 3.05) is 31.6 Å². The van der Waals surface area contributed by atoms with Gasteiger partial charge in [-0.25, -0.2) is 8.42 Å². The zero-order valence-electron chi connectivity index (χ0n) is 24.3. The van der Waals surface area contributed by atoms with Crippen LogP contribution in [-0.2, 0) is 26.2 Å². The van der Waals surface area contributed by atoms with E-state index in [0.29, 0.717) is 27.9 Å². The molecule has 0 aromatic heterocycles. The molecule has 0 fully saturated rings. The Kier molecular flexibility index (Phi) is 12.4. The molecule has 0 aliphatic heterocycles. The van der Waals surface area contributed by atoms with Crippen LogP contribution in [0.25, 0.3) is 0 Å². The van der Waals surface area contributed by atoms with E-state index in [-0.39, 0.29) is 33.8 Å². The topological polar surface area (TPSA) is 105 Å². The highest BCUT2D eigenvalue weighted by molar-refractivity contribution is 7.92. The summed E-state index contributed by atoms with van der Waals surface area (Å²) in [5.74, 6) is -0.457. The average molecular weight is 671 g/mol. The van der Waals surface area contributed by atoms with Gasteiger partial charge in [0.25, 0.3) is 10.0 Å². The summed E-state index contributed by atoms with van der Waals surface area (Å²) in [6.07, 6.45) is 1.65.